The fraction of sp³-hybridized carbons (Fsp3) is 0.762. The molecule has 1 amide bonds. The first kappa shape index (κ1) is 19.4. The predicted octanol–water partition coefficient (Wildman–Crippen LogP) is 1.77. The highest BCUT2D eigenvalue weighted by molar-refractivity contribution is 5.76. The van der Waals surface area contributed by atoms with Crippen LogP contribution < -0.4 is 9.80 Å². The second-order valence-electron chi connectivity index (χ2n) is 8.64. The summed E-state index contributed by atoms with van der Waals surface area (Å²) in [6, 6.07) is 2.13. The van der Waals surface area contributed by atoms with Crippen LogP contribution in [0.5, 0.6) is 0 Å². The molecule has 154 valence electrons. The van der Waals surface area contributed by atoms with Crippen molar-refractivity contribution in [2.24, 2.45) is 5.92 Å². The van der Waals surface area contributed by atoms with E-state index in [9.17, 15) is 4.79 Å². The fourth-order valence-electron chi connectivity index (χ4n) is 4.67. The minimum absolute atomic E-state index is 0.351. The van der Waals surface area contributed by atoms with E-state index in [2.05, 4.69) is 37.7 Å². The normalized spacial score (nSPS) is 22.1. The molecule has 1 aliphatic carbocycles. The van der Waals surface area contributed by atoms with Crippen LogP contribution in [0.25, 0.3) is 0 Å². The Morgan fingerprint density at radius 2 is 1.46 bits per heavy atom. The minimum atomic E-state index is 0.351. The molecule has 2 aliphatic heterocycles. The molecule has 1 aromatic heterocycles. The Morgan fingerprint density at radius 3 is 2.04 bits per heavy atom. The summed E-state index contributed by atoms with van der Waals surface area (Å²) in [5, 5.41) is 0. The zero-order valence-electron chi connectivity index (χ0n) is 17.4. The summed E-state index contributed by atoms with van der Waals surface area (Å²) in [5.41, 5.74) is 0. The minimum Gasteiger partial charge on any atom is -0.354 e. The van der Waals surface area contributed by atoms with Gasteiger partial charge in [0.2, 0.25) is 5.91 Å². The number of nitrogens with zero attached hydrogens (tertiary/aromatic N) is 6. The maximum absolute atomic E-state index is 12.6. The number of aromatic nitrogens is 2. The maximum atomic E-state index is 12.6. The standard InChI is InChI=1S/C21H34N6O/c1-17-22-19(25-9-7-24(2)8-10-25)16-20(23-17)26-11-13-27(14-12-26)21(28)15-18-5-3-4-6-18/h16,18H,3-15H2,1-2H3. The van der Waals surface area contributed by atoms with Gasteiger partial charge in [-0.2, -0.15) is 0 Å². The summed E-state index contributed by atoms with van der Waals surface area (Å²) in [4.78, 5) is 31.1. The van der Waals surface area contributed by atoms with E-state index in [0.717, 1.165) is 76.2 Å². The highest BCUT2D eigenvalue weighted by atomic mass is 16.2. The van der Waals surface area contributed by atoms with Crippen LogP contribution in [0.4, 0.5) is 11.6 Å². The van der Waals surface area contributed by atoms with Crippen molar-refractivity contribution < 1.29 is 4.79 Å². The molecule has 0 N–H and O–H groups in total. The van der Waals surface area contributed by atoms with E-state index < -0.39 is 0 Å². The Morgan fingerprint density at radius 1 is 0.929 bits per heavy atom. The van der Waals surface area contributed by atoms with Gasteiger partial charge in [0.05, 0.1) is 0 Å². The van der Waals surface area contributed by atoms with E-state index in [4.69, 9.17) is 4.98 Å². The maximum Gasteiger partial charge on any atom is 0.222 e. The van der Waals surface area contributed by atoms with Gasteiger partial charge in [-0.3, -0.25) is 4.79 Å². The van der Waals surface area contributed by atoms with Gasteiger partial charge in [0, 0.05) is 64.8 Å². The topological polar surface area (TPSA) is 55.8 Å². The molecular weight excluding hydrogens is 352 g/mol. The quantitative estimate of drug-likeness (QED) is 0.786. The lowest BCUT2D eigenvalue weighted by Crippen LogP contribution is -2.49. The number of hydrogen-bond donors (Lipinski definition) is 0. The zero-order valence-corrected chi connectivity index (χ0v) is 17.4. The number of likely N-dealkylation sites (N-methyl/N-ethyl adjacent to an activating group) is 1. The Balaban J connectivity index is 1.35. The van der Waals surface area contributed by atoms with E-state index >= 15 is 0 Å². The van der Waals surface area contributed by atoms with E-state index in [1.54, 1.807) is 0 Å². The average molecular weight is 387 g/mol. The molecule has 0 aromatic carbocycles. The molecule has 7 heteroatoms. The monoisotopic (exact) mass is 386 g/mol. The number of rotatable bonds is 4. The van der Waals surface area contributed by atoms with Crippen molar-refractivity contribution in [3.8, 4) is 0 Å². The van der Waals surface area contributed by atoms with Crippen molar-refractivity contribution in [1.82, 2.24) is 19.8 Å². The number of amides is 1. The molecule has 3 fully saturated rings. The van der Waals surface area contributed by atoms with Gasteiger partial charge in [0.1, 0.15) is 17.5 Å². The lowest BCUT2D eigenvalue weighted by Gasteiger charge is -2.37. The SMILES string of the molecule is Cc1nc(N2CCN(C)CC2)cc(N2CCN(C(=O)CC3CCCC3)CC2)n1. The van der Waals surface area contributed by atoms with Crippen molar-refractivity contribution >= 4 is 17.5 Å². The van der Waals surface area contributed by atoms with Crippen molar-refractivity contribution in [3.05, 3.63) is 11.9 Å². The highest BCUT2D eigenvalue weighted by Crippen LogP contribution is 2.28. The average Bonchev–Trinajstić information content (AvgIpc) is 3.21. The van der Waals surface area contributed by atoms with Gasteiger partial charge in [-0.1, -0.05) is 12.8 Å². The Bertz CT molecular complexity index is 673. The first-order valence-corrected chi connectivity index (χ1v) is 10.9. The van der Waals surface area contributed by atoms with Gasteiger partial charge in [-0.05, 0) is 32.7 Å². The number of carbonyl (C=O) groups is 1. The van der Waals surface area contributed by atoms with Crippen LogP contribution in [0.2, 0.25) is 0 Å². The lowest BCUT2D eigenvalue weighted by atomic mass is 10.0. The summed E-state index contributed by atoms with van der Waals surface area (Å²) in [6.07, 6.45) is 5.82. The molecule has 0 bridgehead atoms. The third-order valence-electron chi connectivity index (χ3n) is 6.53. The van der Waals surface area contributed by atoms with Crippen LogP contribution in [-0.2, 0) is 4.79 Å². The van der Waals surface area contributed by atoms with E-state index in [1.807, 2.05) is 6.92 Å². The Kier molecular flexibility index (Phi) is 5.99. The molecule has 0 atom stereocenters. The molecule has 1 saturated carbocycles. The third kappa shape index (κ3) is 4.57. The number of carbonyl (C=O) groups excluding carboxylic acids is 1. The first-order valence-electron chi connectivity index (χ1n) is 10.9. The van der Waals surface area contributed by atoms with Crippen LogP contribution in [0.3, 0.4) is 0 Å². The van der Waals surface area contributed by atoms with Crippen molar-refractivity contribution in [1.29, 1.82) is 0 Å². The molecule has 3 heterocycles. The smallest absolute Gasteiger partial charge is 0.222 e. The van der Waals surface area contributed by atoms with Crippen molar-refractivity contribution in [2.45, 2.75) is 39.0 Å². The van der Waals surface area contributed by atoms with Gasteiger partial charge in [0.15, 0.2) is 0 Å². The lowest BCUT2D eigenvalue weighted by molar-refractivity contribution is -0.132. The third-order valence-corrected chi connectivity index (χ3v) is 6.53. The van der Waals surface area contributed by atoms with E-state index in [-0.39, 0.29) is 0 Å². The fourth-order valence-corrected chi connectivity index (χ4v) is 4.67. The van der Waals surface area contributed by atoms with Crippen LogP contribution in [0.15, 0.2) is 6.07 Å². The molecular formula is C21H34N6O. The van der Waals surface area contributed by atoms with Crippen molar-refractivity contribution in [3.63, 3.8) is 0 Å². The molecule has 0 spiro atoms. The second-order valence-corrected chi connectivity index (χ2v) is 8.64. The summed E-state index contributed by atoms with van der Waals surface area (Å²) in [7, 11) is 2.17. The first-order chi connectivity index (χ1) is 13.6. The van der Waals surface area contributed by atoms with Crippen LogP contribution in [0.1, 0.15) is 37.9 Å². The Hall–Kier alpha value is -1.89. The number of anilines is 2. The zero-order chi connectivity index (χ0) is 19.5. The number of hydrogen-bond acceptors (Lipinski definition) is 6. The second kappa shape index (κ2) is 8.64. The van der Waals surface area contributed by atoms with Crippen molar-refractivity contribution in [2.75, 3.05) is 69.2 Å². The predicted molar refractivity (Wildman–Crippen MR) is 112 cm³/mol. The summed E-state index contributed by atoms with van der Waals surface area (Å²) in [5.74, 6) is 3.84. The van der Waals surface area contributed by atoms with Crippen LogP contribution >= 0.6 is 0 Å². The largest absolute Gasteiger partial charge is 0.354 e. The van der Waals surface area contributed by atoms with Gasteiger partial charge < -0.3 is 19.6 Å². The van der Waals surface area contributed by atoms with E-state index in [0.29, 0.717) is 11.8 Å². The molecule has 4 rings (SSSR count). The molecule has 0 unspecified atom stereocenters. The highest BCUT2D eigenvalue weighted by Gasteiger charge is 2.26. The van der Waals surface area contributed by atoms with E-state index in [1.165, 1.54) is 25.7 Å². The summed E-state index contributed by atoms with van der Waals surface area (Å²) >= 11 is 0. The van der Waals surface area contributed by atoms with Gasteiger partial charge >= 0.3 is 0 Å². The van der Waals surface area contributed by atoms with Gasteiger partial charge in [-0.25, -0.2) is 9.97 Å². The molecule has 3 aliphatic rings. The van der Waals surface area contributed by atoms with Crippen LogP contribution in [0, 0.1) is 12.8 Å². The van der Waals surface area contributed by atoms with Gasteiger partial charge in [0.25, 0.3) is 0 Å². The van der Waals surface area contributed by atoms with Crippen LogP contribution in [-0.4, -0.2) is 85.1 Å². The van der Waals surface area contributed by atoms with Gasteiger partial charge in [-0.15, -0.1) is 0 Å². The molecule has 0 radical (unpaired) electrons. The molecule has 7 nitrogen and oxygen atoms in total. The molecule has 1 aromatic rings. The number of piperazine rings is 2. The molecule has 2 saturated heterocycles. The Labute approximate surface area is 168 Å². The molecule has 28 heavy (non-hydrogen) atoms. The summed E-state index contributed by atoms with van der Waals surface area (Å²) in [6.45, 7) is 9.46. The summed E-state index contributed by atoms with van der Waals surface area (Å²) < 4.78 is 0. The number of aryl methyl sites for hydroxylation is 1.